The fraction of sp³-hybridized carbons (Fsp3) is 0.500. The summed E-state index contributed by atoms with van der Waals surface area (Å²) in [5.74, 6) is -0.311. The van der Waals surface area contributed by atoms with E-state index < -0.39 is 0 Å². The summed E-state index contributed by atoms with van der Waals surface area (Å²) in [5, 5.41) is 3.40. The molecule has 0 aliphatic heterocycles. The van der Waals surface area contributed by atoms with Crippen molar-refractivity contribution in [1.29, 1.82) is 0 Å². The van der Waals surface area contributed by atoms with E-state index in [4.69, 9.17) is 11.6 Å². The molecule has 0 unspecified atom stereocenters. The van der Waals surface area contributed by atoms with Crippen molar-refractivity contribution in [3.8, 4) is 0 Å². The molecule has 1 aliphatic rings. The minimum atomic E-state index is -0.311. The molecule has 1 aromatic rings. The van der Waals surface area contributed by atoms with Crippen LogP contribution in [0.1, 0.15) is 18.4 Å². The first-order chi connectivity index (χ1) is 7.15. The third-order valence-electron chi connectivity index (χ3n) is 3.07. The summed E-state index contributed by atoms with van der Waals surface area (Å²) in [5.41, 5.74) is 1.42. The number of halogens is 2. The Bertz CT molecular complexity index is 361. The Balaban J connectivity index is 2.08. The molecule has 1 saturated carbocycles. The molecular weight excluding hydrogens is 213 g/mol. The maximum Gasteiger partial charge on any atom is 0.142 e. The molecule has 3 heteroatoms. The van der Waals surface area contributed by atoms with Gasteiger partial charge in [-0.2, -0.15) is 0 Å². The molecule has 1 N–H and O–H groups in total. The van der Waals surface area contributed by atoms with Crippen molar-refractivity contribution in [3.63, 3.8) is 0 Å². The van der Waals surface area contributed by atoms with Gasteiger partial charge in [0.1, 0.15) is 5.82 Å². The van der Waals surface area contributed by atoms with Crippen LogP contribution < -0.4 is 5.32 Å². The van der Waals surface area contributed by atoms with Crippen LogP contribution in [0.4, 0.5) is 4.39 Å². The van der Waals surface area contributed by atoms with Crippen molar-refractivity contribution in [1.82, 2.24) is 5.32 Å². The van der Waals surface area contributed by atoms with Gasteiger partial charge < -0.3 is 5.32 Å². The molecule has 0 heterocycles. The molecule has 0 saturated heterocycles. The van der Waals surface area contributed by atoms with E-state index in [0.29, 0.717) is 5.41 Å². The van der Waals surface area contributed by atoms with Gasteiger partial charge in [-0.05, 0) is 49.4 Å². The molecule has 1 nitrogen and oxygen atoms in total. The van der Waals surface area contributed by atoms with Crippen LogP contribution in [0.2, 0.25) is 5.02 Å². The molecule has 0 spiro atoms. The topological polar surface area (TPSA) is 12.0 Å². The van der Waals surface area contributed by atoms with Crippen LogP contribution in [0.25, 0.3) is 0 Å². The zero-order valence-corrected chi connectivity index (χ0v) is 9.57. The van der Waals surface area contributed by atoms with Gasteiger partial charge in [-0.3, -0.25) is 0 Å². The van der Waals surface area contributed by atoms with Crippen molar-refractivity contribution >= 4 is 11.6 Å². The van der Waals surface area contributed by atoms with Gasteiger partial charge in [0, 0.05) is 6.54 Å². The van der Waals surface area contributed by atoms with Crippen LogP contribution in [0, 0.1) is 11.2 Å². The van der Waals surface area contributed by atoms with Crippen LogP contribution in [-0.2, 0) is 6.42 Å². The van der Waals surface area contributed by atoms with Crippen molar-refractivity contribution in [2.75, 3.05) is 13.6 Å². The van der Waals surface area contributed by atoms with Gasteiger partial charge in [0.2, 0.25) is 0 Å². The van der Waals surface area contributed by atoms with E-state index in [2.05, 4.69) is 5.32 Å². The monoisotopic (exact) mass is 227 g/mol. The summed E-state index contributed by atoms with van der Waals surface area (Å²) >= 11 is 5.64. The highest BCUT2D eigenvalue weighted by Crippen LogP contribution is 2.47. The van der Waals surface area contributed by atoms with E-state index in [9.17, 15) is 4.39 Å². The highest BCUT2D eigenvalue weighted by atomic mass is 35.5. The van der Waals surface area contributed by atoms with Gasteiger partial charge in [-0.15, -0.1) is 0 Å². The largest absolute Gasteiger partial charge is 0.319 e. The van der Waals surface area contributed by atoms with Crippen LogP contribution in [0.5, 0.6) is 0 Å². The molecular formula is C12H15ClFN. The van der Waals surface area contributed by atoms with Crippen LogP contribution >= 0.6 is 11.6 Å². The number of rotatable bonds is 4. The predicted octanol–water partition coefficient (Wildman–Crippen LogP) is 3.02. The third kappa shape index (κ3) is 2.50. The second-order valence-corrected chi connectivity index (χ2v) is 4.86. The maximum absolute atomic E-state index is 13.2. The maximum atomic E-state index is 13.2. The molecule has 0 atom stereocenters. The highest BCUT2D eigenvalue weighted by Gasteiger charge is 2.41. The first kappa shape index (κ1) is 10.9. The van der Waals surface area contributed by atoms with E-state index in [1.807, 2.05) is 13.1 Å². The highest BCUT2D eigenvalue weighted by molar-refractivity contribution is 6.30. The Morgan fingerprint density at radius 1 is 1.47 bits per heavy atom. The first-order valence-electron chi connectivity index (χ1n) is 5.24. The Labute approximate surface area is 94.6 Å². The summed E-state index contributed by atoms with van der Waals surface area (Å²) in [4.78, 5) is 0. The summed E-state index contributed by atoms with van der Waals surface area (Å²) in [7, 11) is 1.96. The number of nitrogens with one attached hydrogen (secondary N) is 1. The Hall–Kier alpha value is -0.600. The molecule has 82 valence electrons. The summed E-state index contributed by atoms with van der Waals surface area (Å²) in [6, 6.07) is 5.11. The Morgan fingerprint density at radius 2 is 2.20 bits per heavy atom. The zero-order valence-electron chi connectivity index (χ0n) is 8.82. The standard InChI is InChI=1S/C12H15ClFN/c1-15-8-12(4-5-12)7-9-2-3-10(13)11(14)6-9/h2-3,6,15H,4-5,7-8H2,1H3. The summed E-state index contributed by atoms with van der Waals surface area (Å²) in [6.45, 7) is 1.01. The van der Waals surface area contributed by atoms with Gasteiger partial charge in [0.25, 0.3) is 0 Å². The average Bonchev–Trinajstić information content (AvgIpc) is 2.92. The average molecular weight is 228 g/mol. The Morgan fingerprint density at radius 3 is 2.73 bits per heavy atom. The van der Waals surface area contributed by atoms with E-state index in [0.717, 1.165) is 18.5 Å². The van der Waals surface area contributed by atoms with Gasteiger partial charge in [-0.25, -0.2) is 4.39 Å². The van der Waals surface area contributed by atoms with Crippen LogP contribution in [-0.4, -0.2) is 13.6 Å². The molecule has 1 fully saturated rings. The van der Waals surface area contributed by atoms with Crippen molar-refractivity contribution in [2.45, 2.75) is 19.3 Å². The summed E-state index contributed by atoms with van der Waals surface area (Å²) in [6.07, 6.45) is 3.41. The fourth-order valence-corrected chi connectivity index (χ4v) is 2.17. The molecule has 0 aromatic heterocycles. The molecule has 2 rings (SSSR count). The minimum absolute atomic E-state index is 0.206. The SMILES string of the molecule is CNCC1(Cc2ccc(Cl)c(F)c2)CC1. The number of hydrogen-bond acceptors (Lipinski definition) is 1. The summed E-state index contributed by atoms with van der Waals surface area (Å²) < 4.78 is 13.2. The van der Waals surface area contributed by atoms with Crippen molar-refractivity contribution in [2.24, 2.45) is 5.41 Å². The van der Waals surface area contributed by atoms with E-state index in [1.54, 1.807) is 12.1 Å². The predicted molar refractivity (Wildman–Crippen MR) is 60.7 cm³/mol. The normalized spacial score (nSPS) is 17.8. The van der Waals surface area contributed by atoms with E-state index in [-0.39, 0.29) is 10.8 Å². The first-order valence-corrected chi connectivity index (χ1v) is 5.62. The smallest absolute Gasteiger partial charge is 0.142 e. The Kier molecular flexibility index (Phi) is 2.98. The molecule has 1 aromatic carbocycles. The molecule has 0 bridgehead atoms. The van der Waals surface area contributed by atoms with Gasteiger partial charge in [0.05, 0.1) is 5.02 Å². The molecule has 1 aliphatic carbocycles. The lowest BCUT2D eigenvalue weighted by Gasteiger charge is -2.14. The van der Waals surface area contributed by atoms with Crippen molar-refractivity contribution in [3.05, 3.63) is 34.6 Å². The van der Waals surface area contributed by atoms with E-state index >= 15 is 0 Å². The lowest BCUT2D eigenvalue weighted by atomic mass is 9.96. The van der Waals surface area contributed by atoms with Gasteiger partial charge >= 0.3 is 0 Å². The minimum Gasteiger partial charge on any atom is -0.319 e. The fourth-order valence-electron chi connectivity index (χ4n) is 2.05. The van der Waals surface area contributed by atoms with E-state index in [1.165, 1.54) is 12.8 Å². The van der Waals surface area contributed by atoms with Crippen molar-refractivity contribution < 1.29 is 4.39 Å². The van der Waals surface area contributed by atoms with Gasteiger partial charge in [-0.1, -0.05) is 17.7 Å². The quantitative estimate of drug-likeness (QED) is 0.834. The number of hydrogen-bond donors (Lipinski definition) is 1. The van der Waals surface area contributed by atoms with Crippen LogP contribution in [0.15, 0.2) is 18.2 Å². The zero-order chi connectivity index (χ0) is 10.9. The van der Waals surface area contributed by atoms with Crippen LogP contribution in [0.3, 0.4) is 0 Å². The molecule has 0 amide bonds. The second-order valence-electron chi connectivity index (χ2n) is 4.46. The van der Waals surface area contributed by atoms with Gasteiger partial charge in [0.15, 0.2) is 0 Å². The lowest BCUT2D eigenvalue weighted by molar-refractivity contribution is 0.477. The number of benzene rings is 1. The second kappa shape index (κ2) is 4.11. The third-order valence-corrected chi connectivity index (χ3v) is 3.38. The molecule has 0 radical (unpaired) electrons. The lowest BCUT2D eigenvalue weighted by Crippen LogP contribution is -2.21. The molecule has 15 heavy (non-hydrogen) atoms.